The first-order chi connectivity index (χ1) is 11.9. The van der Waals surface area contributed by atoms with Crippen molar-refractivity contribution in [1.82, 2.24) is 0 Å². The number of alkyl halides is 2. The molecule has 7 nitrogen and oxygen atoms in total. The van der Waals surface area contributed by atoms with Gasteiger partial charge in [-0.25, -0.2) is 4.79 Å². The second-order valence-electron chi connectivity index (χ2n) is 7.50. The predicted molar refractivity (Wildman–Crippen MR) is 95.6 cm³/mol. The SMILES string of the molecule is CC(Cl)C(OC(=O)OC(C(C)Cl)C1COC(C)(C)O1)C1COC(C)(C)O1. The minimum atomic E-state index is -0.887. The first-order valence-electron chi connectivity index (χ1n) is 8.69. The average molecular weight is 415 g/mol. The topological polar surface area (TPSA) is 72.5 Å². The van der Waals surface area contributed by atoms with Gasteiger partial charge in [-0.1, -0.05) is 0 Å². The highest BCUT2D eigenvalue weighted by Crippen LogP contribution is 2.30. The maximum Gasteiger partial charge on any atom is 0.509 e. The summed E-state index contributed by atoms with van der Waals surface area (Å²) in [5, 5.41) is -0.996. The molecule has 0 saturated carbocycles. The molecule has 0 radical (unpaired) electrons. The van der Waals surface area contributed by atoms with Crippen LogP contribution in [0.1, 0.15) is 41.5 Å². The Morgan fingerprint density at radius 3 is 1.46 bits per heavy atom. The van der Waals surface area contributed by atoms with Crippen LogP contribution in [0.15, 0.2) is 0 Å². The highest BCUT2D eigenvalue weighted by Gasteiger charge is 2.44. The lowest BCUT2D eigenvalue weighted by molar-refractivity contribution is -0.160. The summed E-state index contributed by atoms with van der Waals surface area (Å²) in [4.78, 5) is 12.4. The van der Waals surface area contributed by atoms with Crippen molar-refractivity contribution in [2.24, 2.45) is 0 Å². The summed E-state index contributed by atoms with van der Waals surface area (Å²) in [7, 11) is 0. The number of ether oxygens (including phenoxy) is 6. The van der Waals surface area contributed by atoms with E-state index in [2.05, 4.69) is 0 Å². The number of hydrogen-bond donors (Lipinski definition) is 0. The van der Waals surface area contributed by atoms with Crippen molar-refractivity contribution < 1.29 is 33.2 Å². The second kappa shape index (κ2) is 8.37. The summed E-state index contributed by atoms with van der Waals surface area (Å²) in [6.45, 7) is 11.1. The van der Waals surface area contributed by atoms with E-state index in [1.165, 1.54) is 0 Å². The molecule has 6 atom stereocenters. The lowest BCUT2D eigenvalue weighted by Crippen LogP contribution is -2.44. The van der Waals surface area contributed by atoms with Crippen molar-refractivity contribution >= 4 is 29.4 Å². The van der Waals surface area contributed by atoms with Crippen molar-refractivity contribution in [3.8, 4) is 0 Å². The fourth-order valence-corrected chi connectivity index (χ4v) is 3.36. The Hall–Kier alpha value is -0.310. The third-order valence-corrected chi connectivity index (χ3v) is 4.66. The monoisotopic (exact) mass is 414 g/mol. The molecule has 26 heavy (non-hydrogen) atoms. The van der Waals surface area contributed by atoms with E-state index in [-0.39, 0.29) is 13.2 Å². The maximum absolute atomic E-state index is 12.4. The third-order valence-electron chi connectivity index (χ3n) is 4.16. The van der Waals surface area contributed by atoms with Crippen LogP contribution in [0.25, 0.3) is 0 Å². The summed E-state index contributed by atoms with van der Waals surface area (Å²) < 4.78 is 33.4. The highest BCUT2D eigenvalue weighted by molar-refractivity contribution is 6.21. The molecule has 2 fully saturated rings. The van der Waals surface area contributed by atoms with Gasteiger partial charge < -0.3 is 28.4 Å². The lowest BCUT2D eigenvalue weighted by atomic mass is 10.1. The molecule has 2 rings (SSSR count). The lowest BCUT2D eigenvalue weighted by Gasteiger charge is -2.29. The summed E-state index contributed by atoms with van der Waals surface area (Å²) in [6.07, 6.45) is -3.31. The molecule has 0 bridgehead atoms. The van der Waals surface area contributed by atoms with Crippen LogP contribution in [0, 0.1) is 0 Å². The smallest absolute Gasteiger partial charge is 0.427 e. The van der Waals surface area contributed by atoms with Crippen LogP contribution in [0.5, 0.6) is 0 Å². The molecular formula is C17H28Cl2O7. The third kappa shape index (κ3) is 5.84. The standard InChI is InChI=1S/C17H28Cl2O7/c1-9(18)13(11-7-21-16(3,4)25-11)23-15(20)24-14(10(2)19)12-8-22-17(5,6)26-12/h9-14H,7-8H2,1-6H3. The number of carbonyl (C=O) groups is 1. The zero-order valence-electron chi connectivity index (χ0n) is 16.0. The summed E-state index contributed by atoms with van der Waals surface area (Å²) in [5.41, 5.74) is 0. The molecule has 152 valence electrons. The van der Waals surface area contributed by atoms with Crippen molar-refractivity contribution in [3.05, 3.63) is 0 Å². The first-order valence-corrected chi connectivity index (χ1v) is 9.56. The van der Waals surface area contributed by atoms with E-state index in [0.717, 1.165) is 0 Å². The van der Waals surface area contributed by atoms with Gasteiger partial charge in [0, 0.05) is 0 Å². The predicted octanol–water partition coefficient (Wildman–Crippen LogP) is 3.43. The Bertz CT molecular complexity index is 454. The minimum absolute atomic E-state index is 0.269. The molecule has 9 heteroatoms. The molecule has 6 unspecified atom stereocenters. The zero-order valence-corrected chi connectivity index (χ0v) is 17.5. The van der Waals surface area contributed by atoms with Gasteiger partial charge in [-0.3, -0.25) is 0 Å². The molecule has 2 heterocycles. The van der Waals surface area contributed by atoms with E-state index < -0.39 is 52.9 Å². The van der Waals surface area contributed by atoms with Gasteiger partial charge in [0.25, 0.3) is 0 Å². The van der Waals surface area contributed by atoms with Gasteiger partial charge in [0.2, 0.25) is 0 Å². The number of hydrogen-bond acceptors (Lipinski definition) is 7. The van der Waals surface area contributed by atoms with Crippen molar-refractivity contribution in [2.45, 2.75) is 88.3 Å². The average Bonchev–Trinajstić information content (AvgIpc) is 3.03. The molecule has 2 aliphatic rings. The largest absolute Gasteiger partial charge is 0.509 e. The highest BCUT2D eigenvalue weighted by atomic mass is 35.5. The van der Waals surface area contributed by atoms with E-state index in [9.17, 15) is 4.79 Å². The van der Waals surface area contributed by atoms with E-state index in [0.29, 0.717) is 0 Å². The van der Waals surface area contributed by atoms with Gasteiger partial charge in [0.15, 0.2) is 11.6 Å². The fourth-order valence-electron chi connectivity index (χ4n) is 2.94. The van der Waals surface area contributed by atoms with E-state index in [1.54, 1.807) is 41.5 Å². The quantitative estimate of drug-likeness (QED) is 0.486. The second-order valence-corrected chi connectivity index (χ2v) is 8.88. The van der Waals surface area contributed by atoms with E-state index in [1.807, 2.05) is 0 Å². The molecule has 0 aromatic heterocycles. The molecule has 0 aromatic rings. The summed E-state index contributed by atoms with van der Waals surface area (Å²) >= 11 is 12.4. The van der Waals surface area contributed by atoms with Gasteiger partial charge in [0.05, 0.1) is 24.0 Å². The van der Waals surface area contributed by atoms with Gasteiger partial charge in [-0.15, -0.1) is 23.2 Å². The molecule has 0 N–H and O–H groups in total. The van der Waals surface area contributed by atoms with Crippen LogP contribution in [-0.2, 0) is 28.4 Å². The van der Waals surface area contributed by atoms with Crippen molar-refractivity contribution in [3.63, 3.8) is 0 Å². The van der Waals surface area contributed by atoms with Crippen molar-refractivity contribution in [2.75, 3.05) is 13.2 Å². The molecule has 0 spiro atoms. The van der Waals surface area contributed by atoms with Crippen LogP contribution >= 0.6 is 23.2 Å². The zero-order chi connectivity index (χ0) is 19.7. The molecule has 2 aliphatic heterocycles. The van der Waals surface area contributed by atoms with Gasteiger partial charge >= 0.3 is 6.16 Å². The van der Waals surface area contributed by atoms with Crippen LogP contribution in [0.3, 0.4) is 0 Å². The fraction of sp³-hybridized carbons (Fsp3) is 0.941. The van der Waals surface area contributed by atoms with Gasteiger partial charge in [-0.05, 0) is 41.5 Å². The Kier molecular flexibility index (Phi) is 7.08. The van der Waals surface area contributed by atoms with Crippen molar-refractivity contribution in [1.29, 1.82) is 0 Å². The van der Waals surface area contributed by atoms with Crippen LogP contribution in [-0.4, -0.2) is 66.1 Å². The van der Waals surface area contributed by atoms with Crippen LogP contribution in [0.4, 0.5) is 4.79 Å². The minimum Gasteiger partial charge on any atom is -0.427 e. The molecule has 0 aliphatic carbocycles. The van der Waals surface area contributed by atoms with E-state index >= 15 is 0 Å². The normalized spacial score (nSPS) is 31.8. The van der Waals surface area contributed by atoms with Gasteiger partial charge in [0.1, 0.15) is 24.4 Å². The number of halogens is 2. The number of carbonyl (C=O) groups excluding carboxylic acids is 1. The summed E-state index contributed by atoms with van der Waals surface area (Å²) in [6, 6.07) is 0. The first kappa shape index (κ1) is 22.0. The van der Waals surface area contributed by atoms with Crippen LogP contribution in [0.2, 0.25) is 0 Å². The Morgan fingerprint density at radius 2 is 1.23 bits per heavy atom. The molecule has 2 saturated heterocycles. The molecule has 0 aromatic carbocycles. The number of rotatable bonds is 6. The summed E-state index contributed by atoms with van der Waals surface area (Å²) in [5.74, 6) is -1.51. The van der Waals surface area contributed by atoms with E-state index in [4.69, 9.17) is 51.6 Å². The van der Waals surface area contributed by atoms with Crippen LogP contribution < -0.4 is 0 Å². The Balaban J connectivity index is 1.97. The Labute approximate surface area is 164 Å². The molecular weight excluding hydrogens is 387 g/mol. The molecule has 0 amide bonds. The van der Waals surface area contributed by atoms with Gasteiger partial charge in [-0.2, -0.15) is 0 Å². The Morgan fingerprint density at radius 1 is 0.885 bits per heavy atom. The maximum atomic E-state index is 12.4.